The average Bonchev–Trinajstić information content (AvgIpc) is 2.48. The number of halogens is 2. The lowest BCUT2D eigenvalue weighted by atomic mass is 10.1. The SMILES string of the molecule is COC(=O)C(Nc1ccccc1)c1ccc(F)c(Br)c1. The molecule has 0 bridgehead atoms. The molecule has 20 heavy (non-hydrogen) atoms. The zero-order valence-electron chi connectivity index (χ0n) is 10.8. The molecule has 0 fully saturated rings. The Morgan fingerprint density at radius 1 is 1.25 bits per heavy atom. The first-order valence-electron chi connectivity index (χ1n) is 5.96. The Labute approximate surface area is 124 Å². The van der Waals surface area contributed by atoms with E-state index in [1.807, 2.05) is 30.3 Å². The fraction of sp³-hybridized carbons (Fsp3) is 0.133. The van der Waals surface area contributed by atoms with E-state index in [0.717, 1.165) is 5.69 Å². The van der Waals surface area contributed by atoms with Crippen molar-refractivity contribution in [2.75, 3.05) is 12.4 Å². The second kappa shape index (κ2) is 6.52. The summed E-state index contributed by atoms with van der Waals surface area (Å²) >= 11 is 3.12. The van der Waals surface area contributed by atoms with Crippen LogP contribution in [0.3, 0.4) is 0 Å². The third-order valence-corrected chi connectivity index (χ3v) is 3.41. The number of methoxy groups -OCH3 is 1. The normalized spacial score (nSPS) is 11.8. The molecule has 2 aromatic carbocycles. The van der Waals surface area contributed by atoms with Gasteiger partial charge in [0.1, 0.15) is 5.82 Å². The number of ether oxygens (including phenoxy) is 1. The highest BCUT2D eigenvalue weighted by atomic mass is 79.9. The van der Waals surface area contributed by atoms with Crippen LogP contribution in [0.5, 0.6) is 0 Å². The summed E-state index contributed by atoms with van der Waals surface area (Å²) in [5.74, 6) is -0.815. The summed E-state index contributed by atoms with van der Waals surface area (Å²) in [5, 5.41) is 3.07. The summed E-state index contributed by atoms with van der Waals surface area (Å²) in [6, 6.07) is 13.0. The molecule has 3 nitrogen and oxygen atoms in total. The molecule has 104 valence electrons. The average molecular weight is 338 g/mol. The first kappa shape index (κ1) is 14.5. The summed E-state index contributed by atoms with van der Waals surface area (Å²) in [7, 11) is 1.32. The van der Waals surface area contributed by atoms with E-state index in [1.165, 1.54) is 13.2 Å². The maximum Gasteiger partial charge on any atom is 0.332 e. The number of hydrogen-bond acceptors (Lipinski definition) is 3. The van der Waals surface area contributed by atoms with Crippen molar-refractivity contribution < 1.29 is 13.9 Å². The Hall–Kier alpha value is -1.88. The highest BCUT2D eigenvalue weighted by molar-refractivity contribution is 9.10. The molecular weight excluding hydrogens is 325 g/mol. The second-order valence-electron chi connectivity index (χ2n) is 4.14. The second-order valence-corrected chi connectivity index (χ2v) is 4.99. The smallest absolute Gasteiger partial charge is 0.332 e. The van der Waals surface area contributed by atoms with Crippen molar-refractivity contribution >= 4 is 27.6 Å². The number of anilines is 1. The number of benzene rings is 2. The molecule has 5 heteroatoms. The number of nitrogens with one attached hydrogen (secondary N) is 1. The number of para-hydroxylation sites is 1. The summed E-state index contributed by atoms with van der Waals surface area (Å²) in [6.07, 6.45) is 0. The van der Waals surface area contributed by atoms with E-state index in [0.29, 0.717) is 10.0 Å². The van der Waals surface area contributed by atoms with Crippen molar-refractivity contribution in [1.82, 2.24) is 0 Å². The summed E-state index contributed by atoms with van der Waals surface area (Å²) in [4.78, 5) is 11.9. The fourth-order valence-electron chi connectivity index (χ4n) is 1.79. The van der Waals surface area contributed by atoms with Gasteiger partial charge in [0.25, 0.3) is 0 Å². The predicted molar refractivity (Wildman–Crippen MR) is 78.9 cm³/mol. The van der Waals surface area contributed by atoms with Crippen LogP contribution in [-0.4, -0.2) is 13.1 Å². The number of hydrogen-bond donors (Lipinski definition) is 1. The topological polar surface area (TPSA) is 38.3 Å². The monoisotopic (exact) mass is 337 g/mol. The van der Waals surface area contributed by atoms with Gasteiger partial charge in [-0.25, -0.2) is 9.18 Å². The van der Waals surface area contributed by atoms with Crippen LogP contribution in [0.2, 0.25) is 0 Å². The highest BCUT2D eigenvalue weighted by Gasteiger charge is 2.22. The molecule has 0 amide bonds. The minimum atomic E-state index is -0.695. The lowest BCUT2D eigenvalue weighted by molar-refractivity contribution is -0.141. The largest absolute Gasteiger partial charge is 0.467 e. The van der Waals surface area contributed by atoms with Crippen LogP contribution < -0.4 is 5.32 Å². The molecule has 1 N–H and O–H groups in total. The Morgan fingerprint density at radius 2 is 1.95 bits per heavy atom. The first-order chi connectivity index (χ1) is 9.61. The van der Waals surface area contributed by atoms with E-state index < -0.39 is 12.0 Å². The minimum Gasteiger partial charge on any atom is -0.467 e. The van der Waals surface area contributed by atoms with Gasteiger partial charge in [-0.1, -0.05) is 24.3 Å². The maximum atomic E-state index is 13.3. The molecule has 1 unspecified atom stereocenters. The molecule has 2 rings (SSSR count). The van der Waals surface area contributed by atoms with Crippen LogP contribution in [0.1, 0.15) is 11.6 Å². The van der Waals surface area contributed by atoms with Crippen molar-refractivity contribution in [3.63, 3.8) is 0 Å². The molecule has 0 aliphatic heterocycles. The molecule has 0 saturated carbocycles. The molecule has 0 aromatic heterocycles. The maximum absolute atomic E-state index is 13.3. The van der Waals surface area contributed by atoms with E-state index in [1.54, 1.807) is 12.1 Å². The lowest BCUT2D eigenvalue weighted by Crippen LogP contribution is -2.22. The molecule has 0 radical (unpaired) electrons. The van der Waals surface area contributed by atoms with Gasteiger partial charge in [-0.05, 0) is 45.8 Å². The Morgan fingerprint density at radius 3 is 2.55 bits per heavy atom. The fourth-order valence-corrected chi connectivity index (χ4v) is 2.19. The van der Waals surface area contributed by atoms with Crippen molar-refractivity contribution in [3.8, 4) is 0 Å². The van der Waals surface area contributed by atoms with Crippen LogP contribution in [0.25, 0.3) is 0 Å². The molecular formula is C15H13BrFNO2. The van der Waals surface area contributed by atoms with Gasteiger partial charge in [0.05, 0.1) is 11.6 Å². The molecule has 2 aromatic rings. The zero-order valence-corrected chi connectivity index (χ0v) is 12.4. The molecule has 0 saturated heterocycles. The number of carbonyl (C=O) groups excluding carboxylic acids is 1. The number of carbonyl (C=O) groups is 1. The van der Waals surface area contributed by atoms with Gasteiger partial charge >= 0.3 is 5.97 Å². The number of esters is 1. The molecule has 0 aliphatic carbocycles. The number of rotatable bonds is 4. The van der Waals surface area contributed by atoms with E-state index in [2.05, 4.69) is 21.2 Å². The van der Waals surface area contributed by atoms with Gasteiger partial charge < -0.3 is 10.1 Å². The molecule has 0 aliphatic rings. The molecule has 0 heterocycles. The van der Waals surface area contributed by atoms with Crippen molar-refractivity contribution in [2.45, 2.75) is 6.04 Å². The van der Waals surface area contributed by atoms with Crippen molar-refractivity contribution in [3.05, 3.63) is 64.4 Å². The Bertz CT molecular complexity index is 604. The van der Waals surface area contributed by atoms with Gasteiger partial charge in [-0.15, -0.1) is 0 Å². The van der Waals surface area contributed by atoms with E-state index in [4.69, 9.17) is 4.74 Å². The first-order valence-corrected chi connectivity index (χ1v) is 6.75. The van der Waals surface area contributed by atoms with E-state index in [9.17, 15) is 9.18 Å². The van der Waals surface area contributed by atoms with E-state index >= 15 is 0 Å². The summed E-state index contributed by atoms with van der Waals surface area (Å²) < 4.78 is 18.4. The van der Waals surface area contributed by atoms with E-state index in [-0.39, 0.29) is 5.82 Å². The van der Waals surface area contributed by atoms with Crippen LogP contribution >= 0.6 is 15.9 Å². The highest BCUT2D eigenvalue weighted by Crippen LogP contribution is 2.25. The van der Waals surface area contributed by atoms with Crippen molar-refractivity contribution in [1.29, 1.82) is 0 Å². The quantitative estimate of drug-likeness (QED) is 0.859. The summed E-state index contributed by atoms with van der Waals surface area (Å²) in [5.41, 5.74) is 1.40. The minimum absolute atomic E-state index is 0.304. The van der Waals surface area contributed by atoms with Crippen LogP contribution in [-0.2, 0) is 9.53 Å². The standard InChI is InChI=1S/C15H13BrFNO2/c1-20-15(19)14(18-11-5-3-2-4-6-11)10-7-8-13(17)12(16)9-10/h2-9,14,18H,1H3. The van der Waals surface area contributed by atoms with Gasteiger partial charge in [-0.3, -0.25) is 0 Å². The van der Waals surface area contributed by atoms with Gasteiger partial charge in [-0.2, -0.15) is 0 Å². The summed E-state index contributed by atoms with van der Waals surface area (Å²) in [6.45, 7) is 0. The predicted octanol–water partition coefficient (Wildman–Crippen LogP) is 3.91. The van der Waals surface area contributed by atoms with Crippen molar-refractivity contribution in [2.24, 2.45) is 0 Å². The van der Waals surface area contributed by atoms with Crippen LogP contribution in [0.4, 0.5) is 10.1 Å². The zero-order chi connectivity index (χ0) is 14.5. The lowest BCUT2D eigenvalue weighted by Gasteiger charge is -2.18. The third-order valence-electron chi connectivity index (χ3n) is 2.80. The van der Waals surface area contributed by atoms with Gasteiger partial charge in [0.15, 0.2) is 6.04 Å². The van der Waals surface area contributed by atoms with Crippen LogP contribution in [0.15, 0.2) is 53.0 Å². The van der Waals surface area contributed by atoms with Crippen LogP contribution in [0, 0.1) is 5.82 Å². The molecule has 1 atom stereocenters. The third kappa shape index (κ3) is 3.36. The van der Waals surface area contributed by atoms with Gasteiger partial charge in [0, 0.05) is 5.69 Å². The molecule has 0 spiro atoms. The Balaban J connectivity index is 2.32. The van der Waals surface area contributed by atoms with Gasteiger partial charge in [0.2, 0.25) is 0 Å². The Kier molecular flexibility index (Phi) is 4.74.